The van der Waals surface area contributed by atoms with Gasteiger partial charge in [0.2, 0.25) is 0 Å². The topological polar surface area (TPSA) is 44.7 Å². The van der Waals surface area contributed by atoms with Gasteiger partial charge in [0, 0.05) is 37.1 Å². The smallest absolute Gasteiger partial charge is 0.124 e. The van der Waals surface area contributed by atoms with Crippen molar-refractivity contribution in [2.75, 3.05) is 31.4 Å². The minimum Gasteiger partial charge on any atom is -0.496 e. The number of ether oxygens (including phenoxy) is 1. The maximum Gasteiger partial charge on any atom is 0.124 e. The molecule has 0 saturated carbocycles. The summed E-state index contributed by atoms with van der Waals surface area (Å²) in [5.74, 6) is 0.705. The van der Waals surface area contributed by atoms with Crippen molar-refractivity contribution in [3.63, 3.8) is 0 Å². The van der Waals surface area contributed by atoms with E-state index in [4.69, 9.17) is 4.74 Å². The van der Waals surface area contributed by atoms with E-state index in [2.05, 4.69) is 41.4 Å². The number of aliphatic hydroxyl groups is 1. The van der Waals surface area contributed by atoms with Gasteiger partial charge < -0.3 is 20.1 Å². The third kappa shape index (κ3) is 3.71. The van der Waals surface area contributed by atoms with E-state index in [1.165, 1.54) is 11.3 Å². The second-order valence-corrected chi connectivity index (χ2v) is 5.54. The lowest BCUT2D eigenvalue weighted by molar-refractivity contribution is 0.274. The molecule has 0 aliphatic rings. The predicted octanol–water partition coefficient (Wildman–Crippen LogP) is 3.43. The molecule has 2 N–H and O–H groups in total. The molecule has 0 radical (unpaired) electrons. The van der Waals surface area contributed by atoms with Crippen molar-refractivity contribution < 1.29 is 9.84 Å². The van der Waals surface area contributed by atoms with Gasteiger partial charge in [0.25, 0.3) is 0 Å². The highest BCUT2D eigenvalue weighted by Gasteiger charge is 2.08. The summed E-state index contributed by atoms with van der Waals surface area (Å²) in [7, 11) is 5.67. The molecule has 0 aliphatic heterocycles. The standard InChI is InChI=1S/C18H24N2O2/c1-13(14-5-8-17(9-6-14)20(2)3)19-16-7-10-18(22-4)15(11-16)12-21/h5-11,13,19,21H,12H2,1-4H3. The molecule has 118 valence electrons. The Morgan fingerprint density at radius 1 is 1.14 bits per heavy atom. The molecule has 2 aromatic rings. The largest absolute Gasteiger partial charge is 0.496 e. The molecule has 0 fully saturated rings. The fourth-order valence-electron chi connectivity index (χ4n) is 2.39. The van der Waals surface area contributed by atoms with E-state index in [1.54, 1.807) is 7.11 Å². The molecule has 1 atom stereocenters. The predicted molar refractivity (Wildman–Crippen MR) is 91.7 cm³/mol. The lowest BCUT2D eigenvalue weighted by Gasteiger charge is -2.19. The van der Waals surface area contributed by atoms with Gasteiger partial charge in [-0.05, 0) is 42.8 Å². The van der Waals surface area contributed by atoms with Crippen molar-refractivity contribution in [2.24, 2.45) is 0 Å². The molecule has 0 aliphatic carbocycles. The van der Waals surface area contributed by atoms with Crippen molar-refractivity contribution >= 4 is 11.4 Å². The number of anilines is 2. The third-order valence-electron chi connectivity index (χ3n) is 3.74. The summed E-state index contributed by atoms with van der Waals surface area (Å²) in [4.78, 5) is 2.08. The van der Waals surface area contributed by atoms with Crippen molar-refractivity contribution in [3.05, 3.63) is 53.6 Å². The van der Waals surface area contributed by atoms with E-state index in [9.17, 15) is 5.11 Å². The normalized spacial score (nSPS) is 11.9. The molecule has 2 rings (SSSR count). The van der Waals surface area contributed by atoms with Crippen LogP contribution in [0.2, 0.25) is 0 Å². The average molecular weight is 300 g/mol. The molecule has 0 bridgehead atoms. The third-order valence-corrected chi connectivity index (χ3v) is 3.74. The molecule has 4 heteroatoms. The number of hydrogen-bond acceptors (Lipinski definition) is 4. The van der Waals surface area contributed by atoms with E-state index in [1.807, 2.05) is 32.3 Å². The van der Waals surface area contributed by atoms with E-state index in [0.717, 1.165) is 11.3 Å². The summed E-state index contributed by atoms with van der Waals surface area (Å²) in [6, 6.07) is 14.4. The number of benzene rings is 2. The van der Waals surface area contributed by atoms with Crippen LogP contribution in [-0.2, 0) is 6.61 Å². The Morgan fingerprint density at radius 2 is 1.82 bits per heavy atom. The minimum absolute atomic E-state index is 0.0371. The fraction of sp³-hybridized carbons (Fsp3) is 0.333. The van der Waals surface area contributed by atoms with Gasteiger partial charge >= 0.3 is 0 Å². The number of nitrogens with one attached hydrogen (secondary N) is 1. The Hall–Kier alpha value is -2.20. The Bertz CT molecular complexity index is 609. The van der Waals surface area contributed by atoms with Crippen LogP contribution in [-0.4, -0.2) is 26.3 Å². The molecule has 0 heterocycles. The molecule has 4 nitrogen and oxygen atoms in total. The zero-order chi connectivity index (χ0) is 16.1. The fourth-order valence-corrected chi connectivity index (χ4v) is 2.39. The summed E-state index contributed by atoms with van der Waals surface area (Å²) in [6.07, 6.45) is 0. The quantitative estimate of drug-likeness (QED) is 0.858. The van der Waals surface area contributed by atoms with Crippen molar-refractivity contribution in [1.29, 1.82) is 0 Å². The second kappa shape index (κ2) is 7.18. The van der Waals surface area contributed by atoms with Crippen LogP contribution < -0.4 is 15.0 Å². The molecule has 0 spiro atoms. The van der Waals surface area contributed by atoms with Gasteiger partial charge in [-0.25, -0.2) is 0 Å². The molecule has 0 amide bonds. The molecule has 0 saturated heterocycles. The van der Waals surface area contributed by atoms with Gasteiger partial charge in [0.15, 0.2) is 0 Å². The second-order valence-electron chi connectivity index (χ2n) is 5.54. The minimum atomic E-state index is -0.0371. The number of aliphatic hydroxyl groups excluding tert-OH is 1. The lowest BCUT2D eigenvalue weighted by Crippen LogP contribution is -2.10. The average Bonchev–Trinajstić information content (AvgIpc) is 2.54. The summed E-state index contributed by atoms with van der Waals surface area (Å²) in [6.45, 7) is 2.08. The van der Waals surface area contributed by atoms with Crippen LogP contribution >= 0.6 is 0 Å². The maximum atomic E-state index is 9.40. The summed E-state index contributed by atoms with van der Waals surface area (Å²) in [5.41, 5.74) is 4.15. The summed E-state index contributed by atoms with van der Waals surface area (Å²) in [5, 5.41) is 12.8. The van der Waals surface area contributed by atoms with E-state index >= 15 is 0 Å². The maximum absolute atomic E-state index is 9.40. The molecule has 2 aromatic carbocycles. The van der Waals surface area contributed by atoms with Gasteiger partial charge in [0.05, 0.1) is 13.7 Å². The first kappa shape index (κ1) is 16.2. The van der Waals surface area contributed by atoms with Crippen LogP contribution in [0.4, 0.5) is 11.4 Å². The van der Waals surface area contributed by atoms with Crippen LogP contribution in [0.5, 0.6) is 5.75 Å². The monoisotopic (exact) mass is 300 g/mol. The van der Waals surface area contributed by atoms with Crippen molar-refractivity contribution in [2.45, 2.75) is 19.6 Å². The Balaban J connectivity index is 2.12. The van der Waals surface area contributed by atoms with E-state index in [0.29, 0.717) is 5.75 Å². The Kier molecular flexibility index (Phi) is 5.28. The highest BCUT2D eigenvalue weighted by Crippen LogP contribution is 2.26. The summed E-state index contributed by atoms with van der Waals surface area (Å²) >= 11 is 0. The van der Waals surface area contributed by atoms with Gasteiger partial charge in [-0.2, -0.15) is 0 Å². The SMILES string of the molecule is COc1ccc(NC(C)c2ccc(N(C)C)cc2)cc1CO. The van der Waals surface area contributed by atoms with Crippen LogP contribution in [0.15, 0.2) is 42.5 Å². The van der Waals surface area contributed by atoms with Gasteiger partial charge in [0.1, 0.15) is 5.75 Å². The highest BCUT2D eigenvalue weighted by molar-refractivity contribution is 5.53. The molecular formula is C18H24N2O2. The van der Waals surface area contributed by atoms with Crippen molar-refractivity contribution in [3.8, 4) is 5.75 Å². The van der Waals surface area contributed by atoms with E-state index in [-0.39, 0.29) is 12.6 Å². The zero-order valence-corrected chi connectivity index (χ0v) is 13.6. The first-order valence-electron chi connectivity index (χ1n) is 7.36. The first-order chi connectivity index (χ1) is 10.5. The first-order valence-corrected chi connectivity index (χ1v) is 7.36. The van der Waals surface area contributed by atoms with E-state index < -0.39 is 0 Å². The van der Waals surface area contributed by atoms with Gasteiger partial charge in [-0.1, -0.05) is 12.1 Å². The number of rotatable bonds is 6. The van der Waals surface area contributed by atoms with Crippen LogP contribution in [0, 0.1) is 0 Å². The Labute approximate surface area is 132 Å². The molecular weight excluding hydrogens is 276 g/mol. The number of methoxy groups -OCH3 is 1. The lowest BCUT2D eigenvalue weighted by atomic mass is 10.1. The van der Waals surface area contributed by atoms with Crippen LogP contribution in [0.1, 0.15) is 24.1 Å². The molecule has 1 unspecified atom stereocenters. The Morgan fingerprint density at radius 3 is 2.36 bits per heavy atom. The highest BCUT2D eigenvalue weighted by atomic mass is 16.5. The number of nitrogens with zero attached hydrogens (tertiary/aromatic N) is 1. The van der Waals surface area contributed by atoms with Crippen LogP contribution in [0.25, 0.3) is 0 Å². The molecule has 22 heavy (non-hydrogen) atoms. The number of hydrogen-bond donors (Lipinski definition) is 2. The van der Waals surface area contributed by atoms with Gasteiger partial charge in [-0.15, -0.1) is 0 Å². The zero-order valence-electron chi connectivity index (χ0n) is 13.6. The summed E-state index contributed by atoms with van der Waals surface area (Å²) < 4.78 is 5.22. The van der Waals surface area contributed by atoms with Gasteiger partial charge in [-0.3, -0.25) is 0 Å². The van der Waals surface area contributed by atoms with Crippen LogP contribution in [0.3, 0.4) is 0 Å². The molecule has 0 aromatic heterocycles. The van der Waals surface area contributed by atoms with Crippen molar-refractivity contribution in [1.82, 2.24) is 0 Å².